The number of esters is 1. The van der Waals surface area contributed by atoms with E-state index in [4.69, 9.17) is 13.9 Å². The van der Waals surface area contributed by atoms with Gasteiger partial charge in [0, 0.05) is 6.07 Å². The summed E-state index contributed by atoms with van der Waals surface area (Å²) in [5.41, 5.74) is 1.08. The molecule has 0 aliphatic carbocycles. The molecule has 0 fully saturated rings. The molecule has 0 radical (unpaired) electrons. The van der Waals surface area contributed by atoms with Crippen molar-refractivity contribution in [3.63, 3.8) is 0 Å². The van der Waals surface area contributed by atoms with Crippen LogP contribution < -0.4 is 10.2 Å². The van der Waals surface area contributed by atoms with E-state index < -0.39 is 11.4 Å². The molecule has 0 spiro atoms. The first-order chi connectivity index (χ1) is 12.7. The normalized spacial score (nSPS) is 10.3. The van der Waals surface area contributed by atoms with Crippen molar-refractivity contribution in [3.8, 4) is 17.1 Å². The summed E-state index contributed by atoms with van der Waals surface area (Å²) in [7, 11) is 0. The van der Waals surface area contributed by atoms with Crippen molar-refractivity contribution in [1.29, 1.82) is 0 Å². The van der Waals surface area contributed by atoms with E-state index in [1.807, 2.05) is 42.5 Å². The maximum absolute atomic E-state index is 12.2. The summed E-state index contributed by atoms with van der Waals surface area (Å²) in [5.74, 6) is 0.219. The number of hydrogen-bond acceptors (Lipinski definition) is 5. The molecule has 0 unspecified atom stereocenters. The van der Waals surface area contributed by atoms with Gasteiger partial charge in [0.1, 0.15) is 29.9 Å². The van der Waals surface area contributed by atoms with Gasteiger partial charge in [-0.2, -0.15) is 0 Å². The maximum Gasteiger partial charge on any atom is 0.345 e. The molecule has 1 aromatic heterocycles. The second kappa shape index (κ2) is 8.16. The summed E-state index contributed by atoms with van der Waals surface area (Å²) in [5, 5.41) is 0. The monoisotopic (exact) mass is 350 g/mol. The smallest absolute Gasteiger partial charge is 0.345 e. The molecule has 2 aromatic carbocycles. The average Bonchev–Trinajstić information content (AvgIpc) is 2.67. The van der Waals surface area contributed by atoms with E-state index in [0.29, 0.717) is 23.7 Å². The van der Waals surface area contributed by atoms with E-state index in [1.165, 1.54) is 6.07 Å². The molecule has 132 valence electrons. The topological polar surface area (TPSA) is 65.7 Å². The minimum atomic E-state index is -0.693. The minimum Gasteiger partial charge on any atom is -0.488 e. The fourth-order valence-electron chi connectivity index (χ4n) is 2.44. The van der Waals surface area contributed by atoms with Crippen LogP contribution in [0, 0.1) is 0 Å². The third kappa shape index (κ3) is 4.00. The summed E-state index contributed by atoms with van der Waals surface area (Å²) in [6.07, 6.45) is 1.13. The highest BCUT2D eigenvalue weighted by Gasteiger charge is 2.15. The molecule has 0 bridgehead atoms. The van der Waals surface area contributed by atoms with Crippen molar-refractivity contribution >= 4 is 5.97 Å². The first-order valence-electron chi connectivity index (χ1n) is 8.25. The van der Waals surface area contributed by atoms with Gasteiger partial charge < -0.3 is 13.9 Å². The van der Waals surface area contributed by atoms with Crippen LogP contribution in [0.5, 0.6) is 5.75 Å². The van der Waals surface area contributed by atoms with E-state index in [9.17, 15) is 9.59 Å². The summed E-state index contributed by atoms with van der Waals surface area (Å²) >= 11 is 0. The van der Waals surface area contributed by atoms with E-state index in [0.717, 1.165) is 11.8 Å². The number of rotatable bonds is 6. The molecule has 5 nitrogen and oxygen atoms in total. The molecule has 5 heteroatoms. The Morgan fingerprint density at radius 1 is 1.04 bits per heavy atom. The Kier molecular flexibility index (Phi) is 5.49. The lowest BCUT2D eigenvalue weighted by atomic mass is 10.1. The summed E-state index contributed by atoms with van der Waals surface area (Å²) in [4.78, 5) is 24.0. The third-order valence-corrected chi connectivity index (χ3v) is 3.72. The molecule has 0 aliphatic heterocycles. The van der Waals surface area contributed by atoms with Crippen LogP contribution in [0.25, 0.3) is 11.3 Å². The number of para-hydroxylation sites is 1. The van der Waals surface area contributed by atoms with Crippen LogP contribution in [0.1, 0.15) is 22.8 Å². The van der Waals surface area contributed by atoms with Crippen molar-refractivity contribution in [3.05, 3.63) is 88.3 Å². The number of carbonyl (C=O) groups excluding carboxylic acids is 1. The van der Waals surface area contributed by atoms with E-state index in [1.54, 1.807) is 19.1 Å². The Bertz CT molecular complexity index is 944. The lowest BCUT2D eigenvalue weighted by molar-refractivity contribution is 0.0522. The predicted octanol–water partition coefficient (Wildman–Crippen LogP) is 4.06. The largest absolute Gasteiger partial charge is 0.488 e. The minimum absolute atomic E-state index is 0.127. The molecule has 0 atom stereocenters. The van der Waals surface area contributed by atoms with Crippen LogP contribution >= 0.6 is 0 Å². The lowest BCUT2D eigenvalue weighted by Crippen LogP contribution is -2.16. The maximum atomic E-state index is 12.2. The zero-order chi connectivity index (χ0) is 18.4. The fourth-order valence-corrected chi connectivity index (χ4v) is 2.44. The Morgan fingerprint density at radius 2 is 1.77 bits per heavy atom. The van der Waals surface area contributed by atoms with Gasteiger partial charge in [-0.25, -0.2) is 4.79 Å². The van der Waals surface area contributed by atoms with Gasteiger partial charge in [-0.1, -0.05) is 42.5 Å². The van der Waals surface area contributed by atoms with E-state index in [2.05, 4.69) is 0 Å². The second-order valence-corrected chi connectivity index (χ2v) is 5.51. The summed E-state index contributed by atoms with van der Waals surface area (Å²) in [6.45, 7) is 2.26. The first-order valence-corrected chi connectivity index (χ1v) is 8.25. The highest BCUT2D eigenvalue weighted by atomic mass is 16.5. The zero-order valence-corrected chi connectivity index (χ0v) is 14.3. The van der Waals surface area contributed by atoms with Crippen molar-refractivity contribution in [2.45, 2.75) is 13.5 Å². The van der Waals surface area contributed by atoms with E-state index >= 15 is 0 Å². The molecular formula is C21H18O5. The Balaban J connectivity index is 1.86. The first kappa shape index (κ1) is 17.5. The van der Waals surface area contributed by atoms with Gasteiger partial charge in [-0.3, -0.25) is 4.79 Å². The number of carbonyl (C=O) groups is 1. The molecule has 26 heavy (non-hydrogen) atoms. The average molecular weight is 350 g/mol. The summed E-state index contributed by atoms with van der Waals surface area (Å²) in [6, 6.07) is 18.3. The molecule has 0 saturated heterocycles. The quantitative estimate of drug-likeness (QED) is 0.627. The predicted molar refractivity (Wildman–Crippen MR) is 97.1 cm³/mol. The van der Waals surface area contributed by atoms with Crippen LogP contribution in [-0.2, 0) is 11.3 Å². The molecule has 0 N–H and O–H groups in total. The third-order valence-electron chi connectivity index (χ3n) is 3.72. The Hall–Kier alpha value is -3.34. The Morgan fingerprint density at radius 3 is 2.50 bits per heavy atom. The van der Waals surface area contributed by atoms with Gasteiger partial charge in [0.2, 0.25) is 0 Å². The van der Waals surface area contributed by atoms with Crippen LogP contribution in [0.4, 0.5) is 0 Å². The number of ether oxygens (including phenoxy) is 2. The molecule has 0 saturated carbocycles. The second-order valence-electron chi connectivity index (χ2n) is 5.51. The highest BCUT2D eigenvalue weighted by molar-refractivity contribution is 5.89. The SMILES string of the molecule is CCOC(=O)c1coc(-c2ccccc2OCc2ccccc2)cc1=O. The number of hydrogen-bond donors (Lipinski definition) is 0. The van der Waals surface area contributed by atoms with Gasteiger partial charge in [-0.15, -0.1) is 0 Å². The van der Waals surface area contributed by atoms with Crippen LogP contribution in [0.3, 0.4) is 0 Å². The van der Waals surface area contributed by atoms with Gasteiger partial charge in [0.25, 0.3) is 0 Å². The van der Waals surface area contributed by atoms with Gasteiger partial charge in [0.05, 0.1) is 12.2 Å². The molecular weight excluding hydrogens is 332 g/mol. The number of benzene rings is 2. The summed E-state index contributed by atoms with van der Waals surface area (Å²) < 4.78 is 16.2. The fraction of sp³-hybridized carbons (Fsp3) is 0.143. The zero-order valence-electron chi connectivity index (χ0n) is 14.3. The van der Waals surface area contributed by atoms with Crippen LogP contribution in [0.15, 0.2) is 76.1 Å². The van der Waals surface area contributed by atoms with Crippen molar-refractivity contribution in [1.82, 2.24) is 0 Å². The Labute approximate surface area is 150 Å². The van der Waals surface area contributed by atoms with Crippen molar-refractivity contribution < 1.29 is 18.7 Å². The van der Waals surface area contributed by atoms with Crippen LogP contribution in [-0.4, -0.2) is 12.6 Å². The van der Waals surface area contributed by atoms with Crippen molar-refractivity contribution in [2.24, 2.45) is 0 Å². The molecule has 0 aliphatic rings. The lowest BCUT2D eigenvalue weighted by Gasteiger charge is -2.11. The molecule has 3 rings (SSSR count). The molecule has 0 amide bonds. The van der Waals surface area contributed by atoms with Gasteiger partial charge in [-0.05, 0) is 24.6 Å². The van der Waals surface area contributed by atoms with Gasteiger partial charge >= 0.3 is 5.97 Å². The molecule has 1 heterocycles. The highest BCUT2D eigenvalue weighted by Crippen LogP contribution is 2.29. The van der Waals surface area contributed by atoms with E-state index in [-0.39, 0.29) is 12.2 Å². The standard InChI is InChI=1S/C21H18O5/c1-2-24-21(23)17-14-26-20(12-18(17)22)16-10-6-7-11-19(16)25-13-15-8-4-3-5-9-15/h3-12,14H,2,13H2,1H3. The van der Waals surface area contributed by atoms with Crippen molar-refractivity contribution in [2.75, 3.05) is 6.61 Å². The van der Waals surface area contributed by atoms with Gasteiger partial charge in [0.15, 0.2) is 5.43 Å². The van der Waals surface area contributed by atoms with Crippen LogP contribution in [0.2, 0.25) is 0 Å². The molecule has 3 aromatic rings.